The van der Waals surface area contributed by atoms with E-state index in [9.17, 15) is 9.59 Å². The Morgan fingerprint density at radius 3 is 2.51 bits per heavy atom. The minimum Gasteiger partial charge on any atom is -0.383 e. The molecule has 1 atom stereocenters. The van der Waals surface area contributed by atoms with Crippen molar-refractivity contribution in [3.8, 4) is 0 Å². The minimum absolute atomic E-state index is 0.0831. The number of benzene rings is 3. The second kappa shape index (κ2) is 10.9. The van der Waals surface area contributed by atoms with Crippen LogP contribution in [0.1, 0.15) is 17.2 Å². The molecule has 1 aromatic heterocycles. The van der Waals surface area contributed by atoms with Gasteiger partial charge in [-0.25, -0.2) is 9.07 Å². The Bertz CT molecular complexity index is 1320. The van der Waals surface area contributed by atoms with Crippen molar-refractivity contribution in [3.05, 3.63) is 89.7 Å². The summed E-state index contributed by atoms with van der Waals surface area (Å²) >= 11 is 0. The van der Waals surface area contributed by atoms with Gasteiger partial charge in [0.05, 0.1) is 12.1 Å². The summed E-state index contributed by atoms with van der Waals surface area (Å²) in [4.78, 5) is 28.5. The highest BCUT2D eigenvalue weighted by atomic mass is 19.1. The second-order valence-electron chi connectivity index (χ2n) is 8.04. The first-order chi connectivity index (χ1) is 17.0. The molecule has 8 nitrogen and oxygen atoms in total. The van der Waals surface area contributed by atoms with E-state index >= 15 is 4.39 Å². The summed E-state index contributed by atoms with van der Waals surface area (Å²) < 4.78 is 21.5. The van der Waals surface area contributed by atoms with Crippen molar-refractivity contribution in [1.82, 2.24) is 20.3 Å². The lowest BCUT2D eigenvalue weighted by atomic mass is 10.0. The largest absolute Gasteiger partial charge is 0.383 e. The zero-order valence-corrected chi connectivity index (χ0v) is 19.5. The summed E-state index contributed by atoms with van der Waals surface area (Å²) in [6.45, 7) is 2.22. The summed E-state index contributed by atoms with van der Waals surface area (Å²) in [5.41, 5.74) is 2.84. The molecule has 1 N–H and O–H groups in total. The molecule has 0 spiro atoms. The van der Waals surface area contributed by atoms with Crippen molar-refractivity contribution < 1.29 is 18.7 Å². The average Bonchev–Trinajstić information content (AvgIpc) is 3.26. The van der Waals surface area contributed by atoms with Crippen molar-refractivity contribution in [2.45, 2.75) is 19.5 Å². The zero-order chi connectivity index (χ0) is 24.8. The van der Waals surface area contributed by atoms with E-state index in [1.54, 1.807) is 24.3 Å². The topological polar surface area (TPSA) is 89.4 Å². The first kappa shape index (κ1) is 24.0. The summed E-state index contributed by atoms with van der Waals surface area (Å²) in [6.07, 6.45) is 0. The van der Waals surface area contributed by atoms with E-state index < -0.39 is 23.7 Å². The molecule has 0 aliphatic heterocycles. The third kappa shape index (κ3) is 5.36. The van der Waals surface area contributed by atoms with Crippen molar-refractivity contribution in [3.63, 3.8) is 0 Å². The molecule has 2 amide bonds. The molecule has 0 saturated heterocycles. The van der Waals surface area contributed by atoms with E-state index in [-0.39, 0.29) is 25.3 Å². The van der Waals surface area contributed by atoms with Crippen LogP contribution in [0.5, 0.6) is 0 Å². The van der Waals surface area contributed by atoms with Gasteiger partial charge in [0.1, 0.15) is 23.9 Å². The molecular weight excluding hydrogens is 449 g/mol. The van der Waals surface area contributed by atoms with Crippen LogP contribution in [0.4, 0.5) is 10.1 Å². The Labute approximate surface area is 202 Å². The molecule has 0 aliphatic carbocycles. The number of hydrogen-bond donors (Lipinski definition) is 1. The number of nitrogens with zero attached hydrogens (tertiary/aromatic N) is 4. The van der Waals surface area contributed by atoms with Gasteiger partial charge in [0.2, 0.25) is 11.8 Å². The van der Waals surface area contributed by atoms with E-state index in [4.69, 9.17) is 4.74 Å². The second-order valence-corrected chi connectivity index (χ2v) is 8.04. The fourth-order valence-corrected chi connectivity index (χ4v) is 3.85. The van der Waals surface area contributed by atoms with Gasteiger partial charge in [0, 0.05) is 24.9 Å². The number of carbonyl (C=O) groups excluding carboxylic acids is 2. The number of carbonyl (C=O) groups is 2. The van der Waals surface area contributed by atoms with Crippen molar-refractivity contribution in [2.75, 3.05) is 25.2 Å². The lowest BCUT2D eigenvalue weighted by molar-refractivity contribution is -0.127. The van der Waals surface area contributed by atoms with Crippen LogP contribution in [-0.4, -0.2) is 47.1 Å². The van der Waals surface area contributed by atoms with Crippen LogP contribution >= 0.6 is 0 Å². The Hall–Kier alpha value is -4.11. The summed E-state index contributed by atoms with van der Waals surface area (Å²) in [5.74, 6) is -1.56. The number of aryl methyl sites for hydroxylation is 1. The third-order valence-electron chi connectivity index (χ3n) is 5.60. The quantitative estimate of drug-likeness (QED) is 0.375. The number of methoxy groups -OCH3 is 1. The van der Waals surface area contributed by atoms with Gasteiger partial charge in [-0.2, -0.15) is 0 Å². The average molecular weight is 476 g/mol. The number of rotatable bonds is 9. The number of nitrogens with one attached hydrogen (secondary N) is 1. The Balaban J connectivity index is 1.78. The first-order valence-corrected chi connectivity index (χ1v) is 11.2. The molecule has 0 unspecified atom stereocenters. The summed E-state index contributed by atoms with van der Waals surface area (Å²) in [6, 6.07) is 19.1. The normalized spacial score (nSPS) is 11.9. The number of hydrogen-bond acceptors (Lipinski definition) is 5. The molecule has 0 radical (unpaired) electrons. The van der Waals surface area contributed by atoms with Crippen molar-refractivity contribution in [1.29, 1.82) is 0 Å². The van der Waals surface area contributed by atoms with Gasteiger partial charge in [-0.1, -0.05) is 53.2 Å². The van der Waals surface area contributed by atoms with Gasteiger partial charge >= 0.3 is 0 Å². The molecular formula is C26H26FN5O3. The maximum absolute atomic E-state index is 15.0. The highest BCUT2D eigenvalue weighted by Gasteiger charge is 2.34. The Morgan fingerprint density at radius 2 is 1.77 bits per heavy atom. The molecule has 0 fully saturated rings. The highest BCUT2D eigenvalue weighted by Crippen LogP contribution is 2.30. The number of para-hydroxylation sites is 1. The molecule has 4 rings (SSSR count). The molecule has 0 aliphatic rings. The van der Waals surface area contributed by atoms with Crippen molar-refractivity contribution in [2.24, 2.45) is 0 Å². The van der Waals surface area contributed by atoms with Crippen LogP contribution < -0.4 is 10.2 Å². The number of fused-ring (bicyclic) bond motifs is 1. The van der Waals surface area contributed by atoms with Gasteiger partial charge in [-0.15, -0.1) is 5.10 Å². The van der Waals surface area contributed by atoms with Crippen molar-refractivity contribution >= 4 is 28.5 Å². The van der Waals surface area contributed by atoms with Crippen LogP contribution in [-0.2, 0) is 20.9 Å². The lowest BCUT2D eigenvalue weighted by Crippen LogP contribution is -2.46. The molecule has 0 bridgehead atoms. The fraction of sp³-hybridized carbons (Fsp3) is 0.231. The predicted octanol–water partition coefficient (Wildman–Crippen LogP) is 3.42. The molecule has 1 heterocycles. The molecule has 4 aromatic rings. The Kier molecular flexibility index (Phi) is 7.47. The van der Waals surface area contributed by atoms with Crippen LogP contribution in [0.3, 0.4) is 0 Å². The van der Waals surface area contributed by atoms with Gasteiger partial charge < -0.3 is 10.1 Å². The van der Waals surface area contributed by atoms with E-state index in [2.05, 4.69) is 15.6 Å². The number of anilines is 1. The van der Waals surface area contributed by atoms with Crippen LogP contribution in [0.2, 0.25) is 0 Å². The molecule has 3 aromatic carbocycles. The number of halogens is 1. The standard InChI is InChI=1S/C26H26FN5O3/c1-18-11-13-19(14-12-18)32(24(33)17-31-23-10-6-5-9-22(23)29-30-31)25(26(34)28-15-16-35-2)20-7-3-4-8-21(20)27/h3-14,25H,15-17H2,1-2H3,(H,28,34)/t25-/m1/s1. The smallest absolute Gasteiger partial charge is 0.249 e. The number of amides is 2. The first-order valence-electron chi connectivity index (χ1n) is 11.2. The van der Waals surface area contributed by atoms with Crippen LogP contribution in [0.15, 0.2) is 72.8 Å². The van der Waals surface area contributed by atoms with Gasteiger partial charge in [0.25, 0.3) is 0 Å². The zero-order valence-electron chi connectivity index (χ0n) is 19.5. The van der Waals surface area contributed by atoms with E-state index in [1.807, 2.05) is 37.3 Å². The molecule has 0 saturated carbocycles. The molecule has 35 heavy (non-hydrogen) atoms. The number of ether oxygens (including phenoxy) is 1. The van der Waals surface area contributed by atoms with Gasteiger partial charge in [-0.05, 0) is 37.3 Å². The van der Waals surface area contributed by atoms with Gasteiger partial charge in [0.15, 0.2) is 0 Å². The Morgan fingerprint density at radius 1 is 1.06 bits per heavy atom. The van der Waals surface area contributed by atoms with Gasteiger partial charge in [-0.3, -0.25) is 14.5 Å². The predicted molar refractivity (Wildman–Crippen MR) is 130 cm³/mol. The SMILES string of the molecule is COCCNC(=O)[C@@H](c1ccccc1F)N(C(=O)Cn1nnc2ccccc21)c1ccc(C)cc1. The molecule has 180 valence electrons. The maximum Gasteiger partial charge on any atom is 0.249 e. The maximum atomic E-state index is 15.0. The van der Waals surface area contributed by atoms with Crippen LogP contribution in [0.25, 0.3) is 11.0 Å². The van der Waals surface area contributed by atoms with E-state index in [1.165, 1.54) is 34.9 Å². The summed E-state index contributed by atoms with van der Waals surface area (Å²) in [7, 11) is 1.52. The lowest BCUT2D eigenvalue weighted by Gasteiger charge is -2.32. The summed E-state index contributed by atoms with van der Waals surface area (Å²) in [5, 5.41) is 11.0. The minimum atomic E-state index is -1.25. The monoisotopic (exact) mass is 475 g/mol. The third-order valence-corrected chi connectivity index (χ3v) is 5.60. The van der Waals surface area contributed by atoms with E-state index in [0.29, 0.717) is 16.7 Å². The fourth-order valence-electron chi connectivity index (χ4n) is 3.85. The number of aromatic nitrogens is 3. The van der Waals surface area contributed by atoms with E-state index in [0.717, 1.165) is 5.56 Å². The molecule has 9 heteroatoms. The van der Waals surface area contributed by atoms with Crippen LogP contribution in [0, 0.1) is 12.7 Å². The highest BCUT2D eigenvalue weighted by molar-refractivity contribution is 6.01.